The topological polar surface area (TPSA) is 59.6 Å². The van der Waals surface area contributed by atoms with Crippen LogP contribution in [0.4, 0.5) is 4.79 Å². The quantitative estimate of drug-likeness (QED) is 0.863. The lowest BCUT2D eigenvalue weighted by molar-refractivity contribution is -0.0999. The van der Waals surface area contributed by atoms with Crippen molar-refractivity contribution in [1.29, 1.82) is 0 Å². The molecule has 3 aliphatic rings. The maximum absolute atomic E-state index is 12.4. The van der Waals surface area contributed by atoms with E-state index in [1.165, 1.54) is 18.4 Å². The van der Waals surface area contributed by atoms with E-state index in [1.54, 1.807) is 7.11 Å². The maximum atomic E-state index is 12.4. The number of hydrogen-bond donors (Lipinski definition) is 2. The smallest absolute Gasteiger partial charge is 0.315 e. The second-order valence-corrected chi connectivity index (χ2v) is 7.72. The summed E-state index contributed by atoms with van der Waals surface area (Å²) in [6, 6.07) is 8.41. The first-order chi connectivity index (χ1) is 12.2. The van der Waals surface area contributed by atoms with Gasteiger partial charge in [0, 0.05) is 36.1 Å². The predicted octanol–water partition coefficient (Wildman–Crippen LogP) is 2.98. The van der Waals surface area contributed by atoms with Crippen LogP contribution in [0.5, 0.6) is 5.75 Å². The second-order valence-electron chi connectivity index (χ2n) is 7.72. The van der Waals surface area contributed by atoms with E-state index in [2.05, 4.69) is 22.8 Å². The lowest BCUT2D eigenvalue weighted by Crippen LogP contribution is -2.60. The van der Waals surface area contributed by atoms with E-state index in [9.17, 15) is 4.79 Å². The van der Waals surface area contributed by atoms with Gasteiger partial charge in [-0.15, -0.1) is 0 Å². The first-order valence-corrected chi connectivity index (χ1v) is 9.51. The number of para-hydroxylation sites is 1. The zero-order valence-corrected chi connectivity index (χ0v) is 14.9. The zero-order valence-electron chi connectivity index (χ0n) is 14.9. The van der Waals surface area contributed by atoms with Crippen LogP contribution in [-0.4, -0.2) is 38.4 Å². The highest BCUT2D eigenvalue weighted by Gasteiger charge is 2.45. The second kappa shape index (κ2) is 6.87. The molecule has 25 heavy (non-hydrogen) atoms. The molecule has 2 aliphatic carbocycles. The van der Waals surface area contributed by atoms with Crippen molar-refractivity contribution in [2.75, 3.05) is 20.3 Å². The molecule has 3 fully saturated rings. The highest BCUT2D eigenvalue weighted by atomic mass is 16.5. The average molecular weight is 344 g/mol. The Kier molecular flexibility index (Phi) is 4.59. The molecule has 4 rings (SSSR count). The van der Waals surface area contributed by atoms with Crippen LogP contribution in [0.1, 0.15) is 44.1 Å². The van der Waals surface area contributed by atoms with Gasteiger partial charge < -0.3 is 20.1 Å². The number of benzene rings is 1. The summed E-state index contributed by atoms with van der Waals surface area (Å²) in [6.07, 6.45) is 6.98. The summed E-state index contributed by atoms with van der Waals surface area (Å²) in [6.45, 7) is 1.54. The van der Waals surface area contributed by atoms with Crippen LogP contribution in [0.2, 0.25) is 0 Å². The third kappa shape index (κ3) is 3.10. The van der Waals surface area contributed by atoms with Crippen molar-refractivity contribution in [2.45, 2.75) is 56.1 Å². The number of carbonyl (C=O) groups is 1. The summed E-state index contributed by atoms with van der Waals surface area (Å²) >= 11 is 0. The van der Waals surface area contributed by atoms with Gasteiger partial charge in [0.1, 0.15) is 5.75 Å². The zero-order chi connectivity index (χ0) is 17.3. The number of fused-ring (bicyclic) bond motifs is 1. The van der Waals surface area contributed by atoms with Gasteiger partial charge in [0.15, 0.2) is 0 Å². The minimum Gasteiger partial charge on any atom is -0.496 e. The fraction of sp³-hybridized carbons (Fsp3) is 0.650. The van der Waals surface area contributed by atoms with Gasteiger partial charge in [0.2, 0.25) is 0 Å². The Bertz CT molecular complexity index is 629. The van der Waals surface area contributed by atoms with Crippen LogP contribution in [0, 0.1) is 5.92 Å². The number of nitrogens with one attached hydrogen (secondary N) is 2. The van der Waals surface area contributed by atoms with Gasteiger partial charge in [-0.1, -0.05) is 24.6 Å². The molecule has 0 bridgehead atoms. The Morgan fingerprint density at radius 2 is 2.16 bits per heavy atom. The molecule has 1 aromatic rings. The summed E-state index contributed by atoms with van der Waals surface area (Å²) in [5, 5.41) is 6.28. The van der Waals surface area contributed by atoms with E-state index in [1.807, 2.05) is 12.1 Å². The predicted molar refractivity (Wildman–Crippen MR) is 95.9 cm³/mol. The summed E-state index contributed by atoms with van der Waals surface area (Å²) in [4.78, 5) is 12.4. The van der Waals surface area contributed by atoms with E-state index >= 15 is 0 Å². The van der Waals surface area contributed by atoms with Crippen molar-refractivity contribution >= 4 is 6.03 Å². The van der Waals surface area contributed by atoms with Gasteiger partial charge in [0.25, 0.3) is 0 Å². The number of urea groups is 1. The number of carbonyl (C=O) groups excluding carboxylic acids is 1. The molecule has 3 atom stereocenters. The molecular formula is C20H28N2O3. The molecule has 5 heteroatoms. The van der Waals surface area contributed by atoms with Crippen molar-refractivity contribution < 1.29 is 14.3 Å². The Morgan fingerprint density at radius 1 is 1.32 bits per heavy atom. The highest BCUT2D eigenvalue weighted by Crippen LogP contribution is 2.46. The Balaban J connectivity index is 1.34. The minimum atomic E-state index is -0.0461. The SMILES string of the molecule is COc1ccccc1C1(CNC(=O)N[C@@H]2C[C@@H]3OCCC[C@@H]32)CCC1. The summed E-state index contributed by atoms with van der Waals surface area (Å²) in [7, 11) is 1.71. The molecule has 2 saturated carbocycles. The molecule has 0 radical (unpaired) electrons. The summed E-state index contributed by atoms with van der Waals surface area (Å²) in [5.41, 5.74) is 1.23. The highest BCUT2D eigenvalue weighted by molar-refractivity contribution is 5.74. The van der Waals surface area contributed by atoms with Crippen LogP contribution in [0.25, 0.3) is 0 Å². The van der Waals surface area contributed by atoms with Gasteiger partial charge in [0.05, 0.1) is 13.2 Å². The van der Waals surface area contributed by atoms with Gasteiger partial charge in [-0.25, -0.2) is 4.79 Å². The van der Waals surface area contributed by atoms with E-state index < -0.39 is 0 Å². The standard InChI is InChI=1S/C20H28N2O3/c1-24-17-8-3-2-7-15(17)20(9-5-10-20)13-21-19(23)22-16-12-18-14(16)6-4-11-25-18/h2-3,7-8,14,16,18H,4-6,9-13H2,1H3,(H2,21,22,23)/t14-,16-,18+/m1/s1. The first kappa shape index (κ1) is 16.7. The van der Waals surface area contributed by atoms with Crippen LogP contribution in [0.15, 0.2) is 24.3 Å². The molecule has 1 saturated heterocycles. The van der Waals surface area contributed by atoms with Crippen molar-refractivity contribution in [2.24, 2.45) is 5.92 Å². The van der Waals surface area contributed by atoms with Crippen molar-refractivity contribution in [3.05, 3.63) is 29.8 Å². The lowest BCUT2D eigenvalue weighted by atomic mass is 9.64. The molecule has 2 amide bonds. The fourth-order valence-corrected chi connectivity index (χ4v) is 4.66. The van der Waals surface area contributed by atoms with Crippen LogP contribution < -0.4 is 15.4 Å². The van der Waals surface area contributed by atoms with Crippen molar-refractivity contribution in [1.82, 2.24) is 10.6 Å². The Labute approximate surface area is 149 Å². The third-order valence-electron chi connectivity index (χ3n) is 6.39. The monoisotopic (exact) mass is 344 g/mol. The molecule has 1 heterocycles. The molecule has 2 N–H and O–H groups in total. The largest absolute Gasteiger partial charge is 0.496 e. The molecule has 1 aliphatic heterocycles. The molecule has 5 nitrogen and oxygen atoms in total. The minimum absolute atomic E-state index is 0.0139. The fourth-order valence-electron chi connectivity index (χ4n) is 4.66. The van der Waals surface area contributed by atoms with Crippen LogP contribution >= 0.6 is 0 Å². The normalized spacial score (nSPS) is 29.6. The molecule has 0 spiro atoms. The molecule has 0 unspecified atom stereocenters. The van der Waals surface area contributed by atoms with Gasteiger partial charge in [-0.3, -0.25) is 0 Å². The summed E-state index contributed by atoms with van der Waals surface area (Å²) in [5.74, 6) is 1.43. The number of amides is 2. The number of hydrogen-bond acceptors (Lipinski definition) is 3. The van der Waals surface area contributed by atoms with E-state index in [0.29, 0.717) is 18.6 Å². The molecule has 1 aromatic carbocycles. The summed E-state index contributed by atoms with van der Waals surface area (Å²) < 4.78 is 11.3. The van der Waals surface area contributed by atoms with E-state index in [0.717, 1.165) is 38.0 Å². The average Bonchev–Trinajstić information content (AvgIpc) is 2.59. The van der Waals surface area contributed by atoms with E-state index in [4.69, 9.17) is 9.47 Å². The maximum Gasteiger partial charge on any atom is 0.315 e. The first-order valence-electron chi connectivity index (χ1n) is 9.51. The van der Waals surface area contributed by atoms with Crippen LogP contribution in [-0.2, 0) is 10.2 Å². The molecule has 136 valence electrons. The van der Waals surface area contributed by atoms with Crippen molar-refractivity contribution in [3.63, 3.8) is 0 Å². The number of rotatable bonds is 5. The van der Waals surface area contributed by atoms with Crippen molar-refractivity contribution in [3.8, 4) is 5.75 Å². The number of ether oxygens (including phenoxy) is 2. The third-order valence-corrected chi connectivity index (χ3v) is 6.39. The Morgan fingerprint density at radius 3 is 2.88 bits per heavy atom. The Hall–Kier alpha value is -1.75. The van der Waals surface area contributed by atoms with Gasteiger partial charge in [-0.2, -0.15) is 0 Å². The lowest BCUT2D eigenvalue weighted by Gasteiger charge is -2.47. The molecule has 0 aromatic heterocycles. The van der Waals surface area contributed by atoms with Gasteiger partial charge >= 0.3 is 6.03 Å². The van der Waals surface area contributed by atoms with E-state index in [-0.39, 0.29) is 17.5 Å². The van der Waals surface area contributed by atoms with Gasteiger partial charge in [-0.05, 0) is 38.2 Å². The number of methoxy groups -OCH3 is 1. The molecular weight excluding hydrogens is 316 g/mol. The van der Waals surface area contributed by atoms with Crippen LogP contribution in [0.3, 0.4) is 0 Å².